The van der Waals surface area contributed by atoms with Crippen LogP contribution in [0.25, 0.3) is 23.0 Å². The predicted octanol–water partition coefficient (Wildman–Crippen LogP) is 4.25. The van der Waals surface area contributed by atoms with E-state index in [-0.39, 0.29) is 18.4 Å². The number of hydrogen-bond acceptors (Lipinski definition) is 5. The van der Waals surface area contributed by atoms with Crippen LogP contribution in [0.1, 0.15) is 16.9 Å². The lowest BCUT2D eigenvalue weighted by Gasteiger charge is -2.13. The van der Waals surface area contributed by atoms with Crippen LogP contribution in [0.15, 0.2) is 77.5 Å². The van der Waals surface area contributed by atoms with E-state index in [2.05, 4.69) is 10.5 Å². The highest BCUT2D eigenvalue weighted by Gasteiger charge is 2.14. The number of rotatable bonds is 7. The number of likely N-dealkylation sites (N-methyl/N-ethyl adjacent to an activating group) is 1. The fourth-order valence-electron chi connectivity index (χ4n) is 3.35. The maximum atomic E-state index is 12.7. The van der Waals surface area contributed by atoms with Gasteiger partial charge in [-0.3, -0.25) is 9.59 Å². The van der Waals surface area contributed by atoms with Crippen molar-refractivity contribution in [3.05, 3.63) is 89.8 Å². The third-order valence-corrected chi connectivity index (χ3v) is 5.15. The minimum Gasteiger partial charge on any atom is -0.360 e. The van der Waals surface area contributed by atoms with Crippen LogP contribution in [0, 0.1) is 13.8 Å². The number of amides is 2. The maximum absolute atomic E-state index is 12.7. The van der Waals surface area contributed by atoms with Crippen LogP contribution in [0.4, 0.5) is 5.82 Å². The maximum Gasteiger partial charge on any atom is 0.246 e. The van der Waals surface area contributed by atoms with Gasteiger partial charge in [-0.15, -0.1) is 0 Å². The van der Waals surface area contributed by atoms with Crippen molar-refractivity contribution in [1.82, 2.24) is 19.8 Å². The lowest BCUT2D eigenvalue weighted by atomic mass is 10.1. The van der Waals surface area contributed by atoms with E-state index in [0.29, 0.717) is 11.6 Å². The molecule has 0 aliphatic rings. The Balaban J connectivity index is 1.52. The Morgan fingerprint density at radius 1 is 1.09 bits per heavy atom. The molecule has 0 saturated heterocycles. The molecule has 4 rings (SSSR count). The van der Waals surface area contributed by atoms with Gasteiger partial charge in [0, 0.05) is 36.5 Å². The monoisotopic (exact) mass is 455 g/mol. The van der Waals surface area contributed by atoms with Crippen LogP contribution in [-0.2, 0) is 9.59 Å². The normalized spacial score (nSPS) is 11.0. The third-order valence-electron chi connectivity index (χ3n) is 5.15. The molecule has 0 unspecified atom stereocenters. The van der Waals surface area contributed by atoms with Crippen molar-refractivity contribution >= 4 is 23.7 Å². The van der Waals surface area contributed by atoms with E-state index in [4.69, 9.17) is 9.62 Å². The fourth-order valence-corrected chi connectivity index (χ4v) is 3.35. The van der Waals surface area contributed by atoms with Crippen LogP contribution >= 0.6 is 0 Å². The number of aromatic nitrogens is 3. The number of nitrogens with zero attached hydrogens (tertiary/aromatic N) is 4. The van der Waals surface area contributed by atoms with Crippen molar-refractivity contribution in [1.29, 1.82) is 0 Å². The molecule has 1 N–H and O–H groups in total. The van der Waals surface area contributed by atoms with Crippen LogP contribution in [0.3, 0.4) is 0 Å². The van der Waals surface area contributed by atoms with Crippen LogP contribution in [0.5, 0.6) is 0 Å². The molecule has 0 bridgehead atoms. The van der Waals surface area contributed by atoms with Gasteiger partial charge in [-0.1, -0.05) is 53.2 Å². The Morgan fingerprint density at radius 3 is 2.50 bits per heavy atom. The average Bonchev–Trinajstić information content (AvgIpc) is 3.44. The molecular weight excluding hydrogens is 430 g/mol. The first-order chi connectivity index (χ1) is 16.4. The van der Waals surface area contributed by atoms with Crippen LogP contribution in [-0.4, -0.2) is 45.2 Å². The number of nitrogens with one attached hydrogen (secondary N) is 1. The Hall–Kier alpha value is -4.46. The first-order valence-corrected chi connectivity index (χ1v) is 10.8. The standard InChI is InChI=1S/C26H25N5O3/c1-18-9-11-20(12-10-18)26-21(16-31(28-26)22-7-5-4-6-8-22)13-14-25(33)30(3)17-24(32)27-23-15-19(2)34-29-23/h4-16H,17H2,1-3H3,(H,27,29,32)/b14-13+. The number of aryl methyl sites for hydroxylation is 2. The molecule has 34 heavy (non-hydrogen) atoms. The highest BCUT2D eigenvalue weighted by atomic mass is 16.5. The summed E-state index contributed by atoms with van der Waals surface area (Å²) in [6.07, 6.45) is 5.05. The second-order valence-electron chi connectivity index (χ2n) is 7.98. The molecule has 8 nitrogen and oxygen atoms in total. The quantitative estimate of drug-likeness (QED) is 0.421. The van der Waals surface area contributed by atoms with Gasteiger partial charge >= 0.3 is 0 Å². The lowest BCUT2D eigenvalue weighted by Crippen LogP contribution is -2.33. The molecule has 0 fully saturated rings. The number of anilines is 1. The van der Waals surface area contributed by atoms with Crippen LogP contribution < -0.4 is 5.32 Å². The van der Waals surface area contributed by atoms with Gasteiger partial charge in [-0.05, 0) is 32.1 Å². The zero-order chi connectivity index (χ0) is 24.1. The van der Waals surface area contributed by atoms with E-state index in [1.54, 1.807) is 30.8 Å². The zero-order valence-electron chi connectivity index (χ0n) is 19.2. The number of carbonyl (C=O) groups excluding carboxylic acids is 2. The number of para-hydroxylation sites is 1. The van der Waals surface area contributed by atoms with Gasteiger partial charge < -0.3 is 14.7 Å². The van der Waals surface area contributed by atoms with Crippen molar-refractivity contribution in [2.45, 2.75) is 13.8 Å². The van der Waals surface area contributed by atoms with Gasteiger partial charge in [0.05, 0.1) is 17.9 Å². The summed E-state index contributed by atoms with van der Waals surface area (Å²) >= 11 is 0. The number of benzene rings is 2. The molecule has 0 aliphatic carbocycles. The summed E-state index contributed by atoms with van der Waals surface area (Å²) in [6, 6.07) is 19.4. The first-order valence-electron chi connectivity index (χ1n) is 10.8. The molecule has 2 aromatic heterocycles. The molecule has 0 saturated carbocycles. The van der Waals surface area contributed by atoms with E-state index in [1.807, 2.05) is 67.7 Å². The summed E-state index contributed by atoms with van der Waals surface area (Å²) in [5, 5.41) is 11.1. The van der Waals surface area contributed by atoms with Gasteiger partial charge in [0.15, 0.2) is 5.82 Å². The highest BCUT2D eigenvalue weighted by Crippen LogP contribution is 2.25. The summed E-state index contributed by atoms with van der Waals surface area (Å²) in [5.74, 6) is 0.224. The molecule has 4 aromatic rings. The largest absolute Gasteiger partial charge is 0.360 e. The molecule has 172 valence electrons. The third kappa shape index (κ3) is 5.47. The summed E-state index contributed by atoms with van der Waals surface area (Å²) in [5.41, 5.74) is 4.56. The molecule has 0 spiro atoms. The minimum atomic E-state index is -0.366. The van der Waals surface area contributed by atoms with Crippen LogP contribution in [0.2, 0.25) is 0 Å². The SMILES string of the molecule is Cc1ccc(-c2nn(-c3ccccc3)cc2/C=C/C(=O)N(C)CC(=O)Nc2cc(C)on2)cc1. The predicted molar refractivity (Wildman–Crippen MR) is 130 cm³/mol. The topological polar surface area (TPSA) is 93.3 Å². The van der Waals surface area contributed by atoms with Crippen molar-refractivity contribution in [3.63, 3.8) is 0 Å². The van der Waals surface area contributed by atoms with Gasteiger partial charge in [0.25, 0.3) is 0 Å². The molecule has 2 heterocycles. The van der Waals surface area contributed by atoms with Crippen molar-refractivity contribution in [2.75, 3.05) is 18.9 Å². The van der Waals surface area contributed by atoms with E-state index in [1.165, 1.54) is 11.0 Å². The summed E-state index contributed by atoms with van der Waals surface area (Å²) < 4.78 is 6.72. The van der Waals surface area contributed by atoms with Crippen molar-refractivity contribution in [2.24, 2.45) is 0 Å². The zero-order valence-corrected chi connectivity index (χ0v) is 19.2. The first kappa shape index (κ1) is 22.7. The molecular formula is C26H25N5O3. The van der Waals surface area contributed by atoms with Gasteiger partial charge in [0.1, 0.15) is 5.76 Å². The second-order valence-corrected chi connectivity index (χ2v) is 7.98. The van der Waals surface area contributed by atoms with Crippen molar-refractivity contribution < 1.29 is 14.1 Å². The molecule has 8 heteroatoms. The Labute approximate surface area is 197 Å². The highest BCUT2D eigenvalue weighted by molar-refractivity contribution is 5.98. The number of hydrogen-bond donors (Lipinski definition) is 1. The second kappa shape index (κ2) is 9.99. The summed E-state index contributed by atoms with van der Waals surface area (Å²) in [4.78, 5) is 26.2. The molecule has 2 amide bonds. The van der Waals surface area contributed by atoms with E-state index < -0.39 is 0 Å². The lowest BCUT2D eigenvalue weighted by molar-refractivity contribution is -0.129. The average molecular weight is 456 g/mol. The Bertz CT molecular complexity index is 1320. The van der Waals surface area contributed by atoms with E-state index in [0.717, 1.165) is 28.1 Å². The Morgan fingerprint density at radius 2 is 1.82 bits per heavy atom. The van der Waals surface area contributed by atoms with Gasteiger partial charge in [0.2, 0.25) is 11.8 Å². The van der Waals surface area contributed by atoms with Crippen molar-refractivity contribution in [3.8, 4) is 16.9 Å². The smallest absolute Gasteiger partial charge is 0.246 e. The summed E-state index contributed by atoms with van der Waals surface area (Å²) in [7, 11) is 1.56. The molecule has 2 aromatic carbocycles. The fraction of sp³-hybridized carbons (Fsp3) is 0.154. The van der Waals surface area contributed by atoms with E-state index >= 15 is 0 Å². The Kier molecular flexibility index (Phi) is 6.68. The minimum absolute atomic E-state index is 0.122. The van der Waals surface area contributed by atoms with E-state index in [9.17, 15) is 9.59 Å². The molecule has 0 radical (unpaired) electrons. The molecule has 0 atom stereocenters. The van der Waals surface area contributed by atoms with Gasteiger partial charge in [-0.2, -0.15) is 5.10 Å². The number of carbonyl (C=O) groups is 2. The van der Waals surface area contributed by atoms with Gasteiger partial charge in [-0.25, -0.2) is 4.68 Å². The summed E-state index contributed by atoms with van der Waals surface area (Å²) in [6.45, 7) is 3.64. The molecule has 0 aliphatic heterocycles.